The number of benzene rings is 4. The van der Waals surface area contributed by atoms with Gasteiger partial charge in [-0.05, 0) is 97.8 Å². The summed E-state index contributed by atoms with van der Waals surface area (Å²) >= 11 is 12.7. The van der Waals surface area contributed by atoms with Crippen molar-refractivity contribution in [3.8, 4) is 32.6 Å². The predicted octanol–water partition coefficient (Wildman–Crippen LogP) is 13.0. The van der Waals surface area contributed by atoms with E-state index in [0.717, 1.165) is 59.8 Å². The molecule has 0 spiro atoms. The molecule has 0 amide bonds. The van der Waals surface area contributed by atoms with Crippen molar-refractivity contribution in [2.45, 2.75) is 78.1 Å². The Morgan fingerprint density at radius 3 is 1.72 bits per heavy atom. The van der Waals surface area contributed by atoms with E-state index in [9.17, 15) is 13.6 Å². The highest BCUT2D eigenvalue weighted by atomic mass is 79.9. The maximum absolute atomic E-state index is 14.1. The molecule has 308 valence electrons. The van der Waals surface area contributed by atoms with Crippen LogP contribution in [0.3, 0.4) is 0 Å². The summed E-state index contributed by atoms with van der Waals surface area (Å²) in [4.78, 5) is 10.8. The summed E-state index contributed by atoms with van der Waals surface area (Å²) in [6.45, 7) is 5.96. The number of carboxylic acids is 1. The molecule has 0 saturated heterocycles. The van der Waals surface area contributed by atoms with E-state index in [1.807, 2.05) is 48.5 Å². The summed E-state index contributed by atoms with van der Waals surface area (Å²) in [6, 6.07) is 24.2. The third-order valence-electron chi connectivity index (χ3n) is 8.13. The van der Waals surface area contributed by atoms with Gasteiger partial charge in [0.2, 0.25) is 0 Å². The highest BCUT2D eigenvalue weighted by molar-refractivity contribution is 9.10. The largest absolute Gasteiger partial charge is 0.494 e. The van der Waals surface area contributed by atoms with E-state index in [0.29, 0.717) is 24.5 Å². The summed E-state index contributed by atoms with van der Waals surface area (Å²) in [5.74, 6) is 4.71. The van der Waals surface area contributed by atoms with Gasteiger partial charge in [-0.3, -0.25) is 0 Å². The Hall–Kier alpha value is -3.53. The fourth-order valence-electron chi connectivity index (χ4n) is 5.05. The van der Waals surface area contributed by atoms with Crippen molar-refractivity contribution in [1.82, 2.24) is 15.6 Å². The molecule has 8 nitrogen and oxygen atoms in total. The van der Waals surface area contributed by atoms with Gasteiger partial charge in [0.25, 0.3) is 0 Å². The Morgan fingerprint density at radius 2 is 1.23 bits per heavy atom. The molecular weight excluding hydrogens is 922 g/mol. The predicted molar refractivity (Wildman–Crippen MR) is 241 cm³/mol. The van der Waals surface area contributed by atoms with Crippen molar-refractivity contribution >= 4 is 78.8 Å². The van der Waals surface area contributed by atoms with Crippen LogP contribution in [0.5, 0.6) is 11.5 Å². The summed E-state index contributed by atoms with van der Waals surface area (Å²) in [6.07, 6.45) is 12.4. The van der Waals surface area contributed by atoms with Crippen LogP contribution in [0.25, 0.3) is 21.1 Å². The number of carbonyl (C=O) groups is 1. The standard InChI is InChI=1S/C21H22BrFN2OS.C14H22N2OS.C7H4BrFO2.ClH/c1-2-3-4-5-6-13-26-17-10-7-15(8-11-17)20-24-25-21(27-20)18-12-9-16(22)14-19(18)23;1-2-3-4-5-6-11-17-13-9-7-12(8-10-13)14(18)16-15;8-4-1-2-5(7(10)11)6(9)3-4;/h7-12,14H,2-6,13H2,1H3;7-10H,2-6,11,15H2,1H3,(H,16,18);1-3H,(H,10,11);1H. The molecule has 1 aromatic heterocycles. The van der Waals surface area contributed by atoms with Gasteiger partial charge in [-0.15, -0.1) is 22.6 Å². The first-order valence-electron chi connectivity index (χ1n) is 18.5. The zero-order valence-electron chi connectivity index (χ0n) is 31.9. The minimum Gasteiger partial charge on any atom is -0.494 e. The molecule has 4 aromatic carbocycles. The van der Waals surface area contributed by atoms with E-state index in [2.05, 4.69) is 61.3 Å². The Bertz CT molecular complexity index is 1940. The lowest BCUT2D eigenvalue weighted by Crippen LogP contribution is -2.28. The van der Waals surface area contributed by atoms with Crippen molar-refractivity contribution in [3.63, 3.8) is 0 Å². The molecule has 0 bridgehead atoms. The molecule has 5 rings (SSSR count). The first-order valence-corrected chi connectivity index (χ1v) is 21.3. The summed E-state index contributed by atoms with van der Waals surface area (Å²) in [7, 11) is 0. The lowest BCUT2D eigenvalue weighted by Gasteiger charge is -2.07. The molecule has 57 heavy (non-hydrogen) atoms. The average molecular weight is 971 g/mol. The summed E-state index contributed by atoms with van der Waals surface area (Å²) in [5.41, 5.74) is 4.47. The summed E-state index contributed by atoms with van der Waals surface area (Å²) in [5, 5.41) is 18.1. The Balaban J connectivity index is 0.000000322. The molecule has 0 aliphatic rings. The molecule has 0 aliphatic heterocycles. The van der Waals surface area contributed by atoms with Crippen molar-refractivity contribution < 1.29 is 28.2 Å². The van der Waals surface area contributed by atoms with Gasteiger partial charge >= 0.3 is 5.97 Å². The Morgan fingerprint density at radius 1 is 0.737 bits per heavy atom. The van der Waals surface area contributed by atoms with Crippen LogP contribution in [0, 0.1) is 11.6 Å². The smallest absolute Gasteiger partial charge is 0.338 e. The zero-order chi connectivity index (χ0) is 40.7. The number of hydrogen-bond acceptors (Lipinski definition) is 8. The number of halogens is 5. The number of nitrogens with zero attached hydrogens (tertiary/aromatic N) is 2. The quantitative estimate of drug-likeness (QED) is 0.0341. The van der Waals surface area contributed by atoms with Crippen molar-refractivity contribution in [1.29, 1.82) is 0 Å². The lowest BCUT2D eigenvalue weighted by molar-refractivity contribution is 0.0692. The average Bonchev–Trinajstić information content (AvgIpc) is 3.68. The number of carboxylic acid groups (broad SMARTS) is 1. The molecule has 1 heterocycles. The van der Waals surface area contributed by atoms with E-state index >= 15 is 0 Å². The van der Waals surface area contributed by atoms with Crippen molar-refractivity contribution in [2.75, 3.05) is 13.2 Å². The van der Waals surface area contributed by atoms with E-state index in [1.165, 1.54) is 80.9 Å². The molecule has 15 heteroatoms. The van der Waals surface area contributed by atoms with Crippen LogP contribution in [-0.2, 0) is 0 Å². The molecule has 4 N–H and O–H groups in total. The molecule has 0 atom stereocenters. The van der Waals surface area contributed by atoms with Gasteiger partial charge in [0, 0.05) is 25.6 Å². The highest BCUT2D eigenvalue weighted by Crippen LogP contribution is 2.33. The van der Waals surface area contributed by atoms with Gasteiger partial charge in [0.1, 0.15) is 33.1 Å². The van der Waals surface area contributed by atoms with Crippen LogP contribution in [0.4, 0.5) is 8.78 Å². The van der Waals surface area contributed by atoms with Gasteiger partial charge in [0.05, 0.1) is 18.8 Å². The van der Waals surface area contributed by atoms with Crippen LogP contribution < -0.4 is 20.7 Å². The molecule has 0 unspecified atom stereocenters. The maximum atomic E-state index is 14.1. The monoisotopic (exact) mass is 968 g/mol. The minimum atomic E-state index is -1.25. The molecule has 0 aliphatic carbocycles. The van der Waals surface area contributed by atoms with Gasteiger partial charge in [-0.1, -0.05) is 121 Å². The summed E-state index contributed by atoms with van der Waals surface area (Å²) < 4.78 is 39.5. The number of aromatic carboxylic acids is 1. The molecule has 0 radical (unpaired) electrons. The lowest BCUT2D eigenvalue weighted by atomic mass is 10.2. The topological polar surface area (TPSA) is 120 Å². The van der Waals surface area contributed by atoms with Crippen LogP contribution in [-0.4, -0.2) is 39.5 Å². The first kappa shape index (κ1) is 49.6. The fourth-order valence-corrected chi connectivity index (χ4v) is 6.72. The number of nitrogens with one attached hydrogen (secondary N) is 1. The van der Waals surface area contributed by atoms with Gasteiger partial charge < -0.3 is 20.0 Å². The highest BCUT2D eigenvalue weighted by Gasteiger charge is 2.13. The second-order valence-corrected chi connectivity index (χ2v) is 15.7. The normalized spacial score (nSPS) is 10.2. The second kappa shape index (κ2) is 28.0. The Labute approximate surface area is 366 Å². The van der Waals surface area contributed by atoms with Crippen molar-refractivity contribution in [2.24, 2.45) is 5.84 Å². The Kier molecular flexibility index (Phi) is 24.4. The van der Waals surface area contributed by atoms with Gasteiger partial charge in [-0.25, -0.2) is 19.4 Å². The fraction of sp³-hybridized carbons (Fsp3) is 0.333. The number of rotatable bonds is 18. The number of thiocarbonyl (C=S) groups is 1. The minimum absolute atomic E-state index is 0. The van der Waals surface area contributed by atoms with E-state index in [4.69, 9.17) is 32.6 Å². The van der Waals surface area contributed by atoms with Gasteiger partial charge in [0.15, 0.2) is 5.01 Å². The molecular formula is C42H49Br2ClF2N4O4S2. The van der Waals surface area contributed by atoms with Crippen LogP contribution >= 0.6 is 67.8 Å². The third kappa shape index (κ3) is 18.3. The van der Waals surface area contributed by atoms with Crippen LogP contribution in [0.2, 0.25) is 0 Å². The SMILES string of the molecule is CCCCCCCOc1ccc(-c2nnc(-c3ccc(Br)cc3F)s2)cc1.CCCCCCCOc1ccc(C(=S)NN)cc1.Cl.O=C(O)c1ccc(Br)cc1F. The molecule has 5 aromatic rings. The van der Waals surface area contributed by atoms with Crippen LogP contribution in [0.1, 0.15) is 94.0 Å². The number of aromatic nitrogens is 2. The zero-order valence-corrected chi connectivity index (χ0v) is 37.6. The molecule has 0 fully saturated rings. The number of hydrazine groups is 1. The third-order valence-corrected chi connectivity index (χ3v) is 10.5. The number of ether oxygens (including phenoxy) is 2. The number of unbranched alkanes of at least 4 members (excludes halogenated alkanes) is 8. The first-order chi connectivity index (χ1) is 27.1. The van der Waals surface area contributed by atoms with E-state index in [1.54, 1.807) is 12.1 Å². The second-order valence-electron chi connectivity index (χ2n) is 12.5. The maximum Gasteiger partial charge on any atom is 0.338 e. The van der Waals surface area contributed by atoms with E-state index < -0.39 is 11.8 Å². The number of nitrogens with two attached hydrogens (primary N) is 1. The van der Waals surface area contributed by atoms with E-state index in [-0.39, 0.29) is 23.8 Å². The van der Waals surface area contributed by atoms with Crippen molar-refractivity contribution in [3.05, 3.63) is 117 Å². The molecule has 0 saturated carbocycles. The van der Waals surface area contributed by atoms with Crippen LogP contribution in [0.15, 0.2) is 93.9 Å². The van der Waals surface area contributed by atoms with Gasteiger partial charge in [-0.2, -0.15) is 0 Å². The number of hydrogen-bond donors (Lipinski definition) is 3.